The zero-order valence-corrected chi connectivity index (χ0v) is 11.4. The van der Waals surface area contributed by atoms with E-state index in [1.54, 1.807) is 0 Å². The molecule has 104 valence electrons. The summed E-state index contributed by atoms with van der Waals surface area (Å²) in [5.74, 6) is 0. The van der Waals surface area contributed by atoms with Crippen molar-refractivity contribution in [1.29, 1.82) is 10.8 Å². The average Bonchev–Trinajstić information content (AvgIpc) is 2.16. The summed E-state index contributed by atoms with van der Waals surface area (Å²) in [6.45, 7) is 7.61. The fraction of sp³-hybridized carbons (Fsp3) is 0.833. The summed E-state index contributed by atoms with van der Waals surface area (Å²) < 4.78 is 0. The van der Waals surface area contributed by atoms with Gasteiger partial charge in [-0.3, -0.25) is 0 Å². The van der Waals surface area contributed by atoms with E-state index in [2.05, 4.69) is 20.8 Å². The zero-order chi connectivity index (χ0) is 14.8. The van der Waals surface area contributed by atoms with Crippen LogP contribution in [-0.2, 0) is 9.59 Å². The van der Waals surface area contributed by atoms with Crippen molar-refractivity contribution >= 4 is 12.2 Å². The molecule has 0 radical (unpaired) electrons. The number of nitrogens with one attached hydrogen (secondary N) is 2. The van der Waals surface area contributed by atoms with E-state index < -0.39 is 0 Å². The van der Waals surface area contributed by atoms with E-state index in [0.29, 0.717) is 11.5 Å². The fourth-order valence-electron chi connectivity index (χ4n) is 2.87. The highest BCUT2D eigenvalue weighted by molar-refractivity contribution is 5.26. The molecule has 1 aliphatic rings. The molecule has 0 bridgehead atoms. The largest absolute Gasteiger partial charge is 0.330 e. The lowest BCUT2D eigenvalue weighted by atomic mass is 9.63. The van der Waals surface area contributed by atoms with Crippen molar-refractivity contribution < 1.29 is 9.59 Å². The lowest BCUT2D eigenvalue weighted by Crippen LogP contribution is -2.45. The molecule has 1 fully saturated rings. The van der Waals surface area contributed by atoms with E-state index in [4.69, 9.17) is 31.9 Å². The third-order valence-electron chi connectivity index (χ3n) is 2.97. The second-order valence-electron chi connectivity index (χ2n) is 5.73. The molecule has 0 aromatic heterocycles. The van der Waals surface area contributed by atoms with Gasteiger partial charge in [0.25, 0.3) is 0 Å². The van der Waals surface area contributed by atoms with Crippen molar-refractivity contribution in [3.8, 4) is 0 Å². The Morgan fingerprint density at radius 3 is 1.83 bits per heavy atom. The first-order valence-corrected chi connectivity index (χ1v) is 5.73. The van der Waals surface area contributed by atoms with Gasteiger partial charge in [-0.25, -0.2) is 20.4 Å². The van der Waals surface area contributed by atoms with Gasteiger partial charge in [0.05, 0.1) is 0 Å². The lowest BCUT2D eigenvalue weighted by Gasteiger charge is -2.45. The topological polar surface area (TPSA) is 134 Å². The predicted octanol–water partition coefficient (Wildman–Crippen LogP) is 1.29. The first kappa shape index (κ1) is 19.0. The first-order chi connectivity index (χ1) is 8.20. The van der Waals surface area contributed by atoms with Crippen molar-refractivity contribution in [1.82, 2.24) is 0 Å². The fourth-order valence-corrected chi connectivity index (χ4v) is 2.87. The Morgan fingerprint density at radius 1 is 1.17 bits per heavy atom. The Morgan fingerprint density at radius 2 is 1.56 bits per heavy atom. The number of hydrogen-bond acceptors (Lipinski definition) is 6. The number of isocyanates is 2. The molecule has 2 atom stereocenters. The highest BCUT2D eigenvalue weighted by Crippen LogP contribution is 2.44. The van der Waals surface area contributed by atoms with Crippen LogP contribution in [-0.4, -0.2) is 24.7 Å². The summed E-state index contributed by atoms with van der Waals surface area (Å²) in [6.07, 6.45) is 4.94. The molecule has 0 amide bonds. The first-order valence-electron chi connectivity index (χ1n) is 5.73. The molecule has 0 aromatic carbocycles. The van der Waals surface area contributed by atoms with E-state index in [1.807, 2.05) is 0 Å². The number of carbonyl (C=O) groups excluding carboxylic acids is 2. The van der Waals surface area contributed by atoms with Gasteiger partial charge in [-0.2, -0.15) is 0 Å². The maximum absolute atomic E-state index is 8.35. The molecule has 6 nitrogen and oxygen atoms in total. The van der Waals surface area contributed by atoms with Crippen LogP contribution in [0.15, 0.2) is 0 Å². The lowest BCUT2D eigenvalue weighted by molar-refractivity contribution is 0.0904. The predicted molar refractivity (Wildman–Crippen MR) is 69.6 cm³/mol. The molecule has 0 heterocycles. The summed E-state index contributed by atoms with van der Waals surface area (Å²) >= 11 is 0. The maximum atomic E-state index is 8.35. The second kappa shape index (κ2) is 8.72. The van der Waals surface area contributed by atoms with Gasteiger partial charge >= 0.3 is 0 Å². The molecule has 0 aliphatic heterocycles. The summed E-state index contributed by atoms with van der Waals surface area (Å²) in [5.41, 5.74) is 12.4. The Kier molecular flexibility index (Phi) is 9.22. The van der Waals surface area contributed by atoms with Crippen LogP contribution in [0, 0.1) is 21.6 Å². The molecule has 6 heteroatoms. The third-order valence-corrected chi connectivity index (χ3v) is 2.97. The van der Waals surface area contributed by atoms with Gasteiger partial charge < -0.3 is 11.5 Å². The van der Waals surface area contributed by atoms with Crippen molar-refractivity contribution in [2.75, 3.05) is 6.54 Å². The Bertz CT molecular complexity index is 293. The van der Waals surface area contributed by atoms with Crippen LogP contribution < -0.4 is 11.5 Å². The molecule has 0 saturated heterocycles. The zero-order valence-electron chi connectivity index (χ0n) is 11.4. The van der Waals surface area contributed by atoms with E-state index in [0.717, 1.165) is 31.5 Å². The minimum atomic E-state index is 0.279. The van der Waals surface area contributed by atoms with Crippen LogP contribution in [0.2, 0.25) is 0 Å². The van der Waals surface area contributed by atoms with Gasteiger partial charge in [0.15, 0.2) is 0 Å². The average molecular weight is 256 g/mol. The summed E-state index contributed by atoms with van der Waals surface area (Å²) in [6, 6.07) is 0.349. The maximum Gasteiger partial charge on any atom is 0.231 e. The van der Waals surface area contributed by atoms with Crippen molar-refractivity contribution in [3.63, 3.8) is 0 Å². The van der Waals surface area contributed by atoms with Gasteiger partial charge in [-0.05, 0) is 36.6 Å². The normalized spacial score (nSPS) is 28.4. The summed E-state index contributed by atoms with van der Waals surface area (Å²) in [5, 5.41) is 10.8. The summed E-state index contributed by atoms with van der Waals surface area (Å²) in [7, 11) is 0. The van der Waals surface area contributed by atoms with Crippen molar-refractivity contribution in [3.05, 3.63) is 0 Å². The minimum absolute atomic E-state index is 0.279. The van der Waals surface area contributed by atoms with Gasteiger partial charge in [0.1, 0.15) is 0 Å². The molecule has 18 heavy (non-hydrogen) atoms. The standard InChI is InChI=1S/C10H22N2.2CHNO/c1-9(2)4-8(12)5-10(3,6-9)7-11;2*2-1-3/h8H,4-7,11-12H2,1-3H3;2*2H. The van der Waals surface area contributed by atoms with Crippen LogP contribution in [0.1, 0.15) is 40.0 Å². The van der Waals surface area contributed by atoms with Crippen molar-refractivity contribution in [2.45, 2.75) is 46.1 Å². The Labute approximate surface area is 108 Å². The van der Waals surface area contributed by atoms with Crippen molar-refractivity contribution in [2.24, 2.45) is 22.3 Å². The van der Waals surface area contributed by atoms with Crippen LogP contribution in [0.3, 0.4) is 0 Å². The second-order valence-corrected chi connectivity index (χ2v) is 5.73. The number of rotatable bonds is 1. The van der Waals surface area contributed by atoms with Crippen LogP contribution in [0.25, 0.3) is 0 Å². The number of nitrogens with two attached hydrogens (primary N) is 2. The van der Waals surface area contributed by atoms with E-state index in [9.17, 15) is 0 Å². The molecule has 2 unspecified atom stereocenters. The van der Waals surface area contributed by atoms with Crippen LogP contribution in [0.5, 0.6) is 0 Å². The minimum Gasteiger partial charge on any atom is -0.330 e. The van der Waals surface area contributed by atoms with Crippen LogP contribution >= 0.6 is 0 Å². The Balaban J connectivity index is 0. The van der Waals surface area contributed by atoms with Gasteiger partial charge in [0, 0.05) is 6.04 Å². The molecule has 6 N–H and O–H groups in total. The molecular weight excluding hydrogens is 232 g/mol. The highest BCUT2D eigenvalue weighted by Gasteiger charge is 2.38. The van der Waals surface area contributed by atoms with E-state index in [-0.39, 0.29) is 5.41 Å². The smallest absolute Gasteiger partial charge is 0.231 e. The molecule has 1 aliphatic carbocycles. The third kappa shape index (κ3) is 8.79. The SMILES string of the molecule is CC1(C)CC(N)CC(C)(CN)C1.N=C=O.N=C=O. The van der Waals surface area contributed by atoms with E-state index >= 15 is 0 Å². The quantitative estimate of drug-likeness (QED) is 0.415. The molecule has 1 rings (SSSR count). The molecule has 0 spiro atoms. The monoisotopic (exact) mass is 256 g/mol. The highest BCUT2D eigenvalue weighted by atomic mass is 16.1. The molecule has 0 aromatic rings. The molecular formula is C12H24N4O2. The Hall–Kier alpha value is -1.32. The number of hydrogen-bond donors (Lipinski definition) is 4. The van der Waals surface area contributed by atoms with Gasteiger partial charge in [-0.1, -0.05) is 20.8 Å². The van der Waals surface area contributed by atoms with Crippen LogP contribution in [0.4, 0.5) is 0 Å². The summed E-state index contributed by atoms with van der Waals surface area (Å²) in [4.78, 5) is 16.7. The van der Waals surface area contributed by atoms with Gasteiger partial charge in [0.2, 0.25) is 12.2 Å². The van der Waals surface area contributed by atoms with Gasteiger partial charge in [-0.15, -0.1) is 0 Å². The molecule has 1 saturated carbocycles. The van der Waals surface area contributed by atoms with E-state index in [1.165, 1.54) is 6.42 Å².